The summed E-state index contributed by atoms with van der Waals surface area (Å²) >= 11 is 0. The number of aliphatic hydroxyl groups excluding tert-OH is 1. The number of aliphatic hydroxyl groups is 1. The predicted octanol–water partition coefficient (Wildman–Crippen LogP) is 0.731. The van der Waals surface area contributed by atoms with Crippen molar-refractivity contribution in [2.75, 3.05) is 6.54 Å². The van der Waals surface area contributed by atoms with Crippen molar-refractivity contribution < 1.29 is 13.5 Å². The van der Waals surface area contributed by atoms with Crippen molar-refractivity contribution in [3.8, 4) is 0 Å². The van der Waals surface area contributed by atoms with Crippen LogP contribution in [-0.2, 0) is 23.1 Å². The molecule has 20 heavy (non-hydrogen) atoms. The SMILES string of the molecule is Cc1ccc(CO)cc1S(=O)(=O)NCCc1ncc[nH]1. The summed E-state index contributed by atoms with van der Waals surface area (Å²) in [4.78, 5) is 7.14. The van der Waals surface area contributed by atoms with Crippen molar-refractivity contribution in [1.29, 1.82) is 0 Å². The quantitative estimate of drug-likeness (QED) is 0.732. The van der Waals surface area contributed by atoms with Gasteiger partial charge in [0.2, 0.25) is 10.0 Å². The van der Waals surface area contributed by atoms with Crippen LogP contribution in [0.5, 0.6) is 0 Å². The second-order valence-electron chi connectivity index (χ2n) is 4.44. The first-order chi connectivity index (χ1) is 9.53. The number of imidazole rings is 1. The van der Waals surface area contributed by atoms with E-state index in [2.05, 4.69) is 14.7 Å². The topological polar surface area (TPSA) is 95.1 Å². The normalized spacial score (nSPS) is 11.7. The predicted molar refractivity (Wildman–Crippen MR) is 74.6 cm³/mol. The van der Waals surface area contributed by atoms with E-state index in [9.17, 15) is 8.42 Å². The molecule has 0 radical (unpaired) electrons. The Hall–Kier alpha value is -1.70. The second-order valence-corrected chi connectivity index (χ2v) is 6.18. The van der Waals surface area contributed by atoms with Crippen LogP contribution in [0, 0.1) is 6.92 Å². The van der Waals surface area contributed by atoms with Crippen LogP contribution in [0.4, 0.5) is 0 Å². The number of benzene rings is 1. The first kappa shape index (κ1) is 14.7. The number of nitrogens with one attached hydrogen (secondary N) is 2. The van der Waals surface area contributed by atoms with E-state index in [-0.39, 0.29) is 18.0 Å². The summed E-state index contributed by atoms with van der Waals surface area (Å²) in [6.07, 6.45) is 3.81. The number of aryl methyl sites for hydroxylation is 1. The van der Waals surface area contributed by atoms with E-state index in [0.717, 1.165) is 5.82 Å². The van der Waals surface area contributed by atoms with Crippen molar-refractivity contribution in [2.24, 2.45) is 0 Å². The molecule has 0 bridgehead atoms. The third-order valence-electron chi connectivity index (χ3n) is 2.93. The van der Waals surface area contributed by atoms with Gasteiger partial charge in [0.1, 0.15) is 5.82 Å². The van der Waals surface area contributed by atoms with Crippen LogP contribution in [0.15, 0.2) is 35.5 Å². The molecule has 0 unspecified atom stereocenters. The minimum atomic E-state index is -3.58. The number of H-pyrrole nitrogens is 1. The molecule has 0 aliphatic rings. The van der Waals surface area contributed by atoms with E-state index in [1.54, 1.807) is 31.5 Å². The molecule has 2 rings (SSSR count). The molecular formula is C13H17N3O3S. The van der Waals surface area contributed by atoms with Crippen LogP contribution in [-0.4, -0.2) is 30.0 Å². The minimum Gasteiger partial charge on any atom is -0.392 e. The maximum Gasteiger partial charge on any atom is 0.240 e. The first-order valence-corrected chi connectivity index (χ1v) is 7.69. The molecule has 0 amide bonds. The number of nitrogens with zero attached hydrogens (tertiary/aromatic N) is 1. The van der Waals surface area contributed by atoms with Gasteiger partial charge in [0.15, 0.2) is 0 Å². The molecule has 0 spiro atoms. The van der Waals surface area contributed by atoms with Gasteiger partial charge >= 0.3 is 0 Å². The molecule has 0 saturated heterocycles. The van der Waals surface area contributed by atoms with Gasteiger partial charge in [-0.1, -0.05) is 12.1 Å². The number of hydrogen-bond donors (Lipinski definition) is 3. The molecule has 1 aromatic heterocycles. The molecule has 6 nitrogen and oxygen atoms in total. The summed E-state index contributed by atoms with van der Waals surface area (Å²) in [5.74, 6) is 0.730. The first-order valence-electron chi connectivity index (χ1n) is 6.21. The van der Waals surface area contributed by atoms with E-state index < -0.39 is 10.0 Å². The molecule has 7 heteroatoms. The van der Waals surface area contributed by atoms with Gasteiger partial charge in [0.05, 0.1) is 11.5 Å². The standard InChI is InChI=1S/C13H17N3O3S/c1-10-2-3-11(9-17)8-12(10)20(18,19)16-5-4-13-14-6-7-15-13/h2-3,6-8,16-17H,4-5,9H2,1H3,(H,14,15). The number of hydrogen-bond acceptors (Lipinski definition) is 4. The molecule has 0 aliphatic heterocycles. The third-order valence-corrected chi connectivity index (χ3v) is 4.54. The van der Waals surface area contributed by atoms with Crippen molar-refractivity contribution in [3.05, 3.63) is 47.5 Å². The van der Waals surface area contributed by atoms with Crippen LogP contribution in [0.25, 0.3) is 0 Å². The van der Waals surface area contributed by atoms with E-state index in [1.807, 2.05) is 0 Å². The van der Waals surface area contributed by atoms with Gasteiger partial charge in [-0.05, 0) is 24.1 Å². The van der Waals surface area contributed by atoms with E-state index >= 15 is 0 Å². The summed E-state index contributed by atoms with van der Waals surface area (Å²) < 4.78 is 27.0. The zero-order chi connectivity index (χ0) is 14.6. The smallest absolute Gasteiger partial charge is 0.240 e. The molecule has 0 atom stereocenters. The maximum atomic E-state index is 12.2. The highest BCUT2D eigenvalue weighted by Gasteiger charge is 2.16. The Morgan fingerprint density at radius 3 is 2.85 bits per heavy atom. The Morgan fingerprint density at radius 2 is 2.20 bits per heavy atom. The summed E-state index contributed by atoms with van der Waals surface area (Å²) in [6.45, 7) is 1.80. The van der Waals surface area contributed by atoms with E-state index in [0.29, 0.717) is 17.5 Å². The average molecular weight is 295 g/mol. The minimum absolute atomic E-state index is 0.185. The van der Waals surface area contributed by atoms with Crippen LogP contribution in [0.1, 0.15) is 17.0 Å². The molecule has 0 saturated carbocycles. The lowest BCUT2D eigenvalue weighted by Crippen LogP contribution is -2.27. The van der Waals surface area contributed by atoms with Gasteiger partial charge in [-0.2, -0.15) is 0 Å². The highest BCUT2D eigenvalue weighted by atomic mass is 32.2. The number of aromatic amines is 1. The molecule has 1 heterocycles. The Balaban J connectivity index is 2.09. The highest BCUT2D eigenvalue weighted by Crippen LogP contribution is 2.17. The molecule has 0 fully saturated rings. The lowest BCUT2D eigenvalue weighted by Gasteiger charge is -2.10. The summed E-state index contributed by atoms with van der Waals surface area (Å²) in [5, 5.41) is 9.09. The fourth-order valence-corrected chi connectivity index (χ4v) is 3.17. The average Bonchev–Trinajstić information content (AvgIpc) is 2.92. The Kier molecular flexibility index (Phi) is 4.53. The van der Waals surface area contributed by atoms with Gasteiger partial charge in [-0.3, -0.25) is 0 Å². The zero-order valence-corrected chi connectivity index (χ0v) is 11.9. The number of aromatic nitrogens is 2. The van der Waals surface area contributed by atoms with Gasteiger partial charge in [-0.25, -0.2) is 18.1 Å². The summed E-state index contributed by atoms with van der Waals surface area (Å²) in [7, 11) is -3.58. The molecule has 2 aromatic rings. The van der Waals surface area contributed by atoms with Crippen LogP contribution in [0.3, 0.4) is 0 Å². The molecule has 3 N–H and O–H groups in total. The van der Waals surface area contributed by atoms with Gasteiger partial charge in [0, 0.05) is 25.4 Å². The molecule has 108 valence electrons. The fraction of sp³-hybridized carbons (Fsp3) is 0.308. The lowest BCUT2D eigenvalue weighted by atomic mass is 10.2. The van der Waals surface area contributed by atoms with E-state index in [1.165, 1.54) is 6.07 Å². The van der Waals surface area contributed by atoms with Gasteiger partial charge in [-0.15, -0.1) is 0 Å². The third kappa shape index (κ3) is 3.44. The van der Waals surface area contributed by atoms with Crippen molar-refractivity contribution in [1.82, 2.24) is 14.7 Å². The number of rotatable bonds is 6. The molecule has 0 aliphatic carbocycles. The summed E-state index contributed by atoms with van der Waals surface area (Å²) in [6, 6.07) is 4.88. The van der Waals surface area contributed by atoms with E-state index in [4.69, 9.17) is 5.11 Å². The summed E-state index contributed by atoms with van der Waals surface area (Å²) in [5.41, 5.74) is 1.22. The fourth-order valence-electron chi connectivity index (χ4n) is 1.85. The Labute approximate surface area is 117 Å². The van der Waals surface area contributed by atoms with Crippen LogP contribution < -0.4 is 4.72 Å². The molecule has 1 aromatic carbocycles. The lowest BCUT2D eigenvalue weighted by molar-refractivity contribution is 0.281. The van der Waals surface area contributed by atoms with Crippen LogP contribution in [0.2, 0.25) is 0 Å². The van der Waals surface area contributed by atoms with Gasteiger partial charge < -0.3 is 10.1 Å². The van der Waals surface area contributed by atoms with Crippen LogP contribution >= 0.6 is 0 Å². The van der Waals surface area contributed by atoms with Crippen molar-refractivity contribution in [3.63, 3.8) is 0 Å². The monoisotopic (exact) mass is 295 g/mol. The highest BCUT2D eigenvalue weighted by molar-refractivity contribution is 7.89. The number of sulfonamides is 1. The largest absolute Gasteiger partial charge is 0.392 e. The molecular weight excluding hydrogens is 278 g/mol. The van der Waals surface area contributed by atoms with Gasteiger partial charge in [0.25, 0.3) is 0 Å². The second kappa shape index (κ2) is 6.17. The Bertz CT molecular complexity index is 666. The zero-order valence-electron chi connectivity index (χ0n) is 11.1. The Morgan fingerprint density at radius 1 is 1.40 bits per heavy atom. The van der Waals surface area contributed by atoms with Crippen molar-refractivity contribution >= 4 is 10.0 Å². The maximum absolute atomic E-state index is 12.2. The van der Waals surface area contributed by atoms with Crippen molar-refractivity contribution in [2.45, 2.75) is 24.8 Å².